The predicted molar refractivity (Wildman–Crippen MR) is 76.6 cm³/mol. The molecule has 0 aliphatic heterocycles. The molecule has 1 rings (SSSR count). The summed E-state index contributed by atoms with van der Waals surface area (Å²) in [6.07, 6.45) is 10.7. The second-order valence-corrected chi connectivity index (χ2v) is 5.12. The minimum Gasteiger partial charge on any atom is -0.352 e. The Kier molecular flexibility index (Phi) is 7.74. The van der Waals surface area contributed by atoms with Gasteiger partial charge in [0.2, 0.25) is 5.91 Å². The predicted octanol–water partition coefficient (Wildman–Crippen LogP) is 2.77. The molecule has 1 aliphatic carbocycles. The lowest BCUT2D eigenvalue weighted by Crippen LogP contribution is -2.40. The minimum atomic E-state index is 0.126. The largest absolute Gasteiger partial charge is 0.352 e. The first-order valence-corrected chi connectivity index (χ1v) is 7.44. The van der Waals surface area contributed by atoms with Crippen LogP contribution in [0.3, 0.4) is 0 Å². The van der Waals surface area contributed by atoms with Crippen LogP contribution in [0.15, 0.2) is 11.6 Å². The molecular formula is C15H28N2O. The zero-order valence-electron chi connectivity index (χ0n) is 11.9. The highest BCUT2D eigenvalue weighted by molar-refractivity contribution is 5.78. The van der Waals surface area contributed by atoms with Crippen LogP contribution in [0.5, 0.6) is 0 Å². The zero-order chi connectivity index (χ0) is 13.2. The van der Waals surface area contributed by atoms with Gasteiger partial charge in [0.25, 0.3) is 0 Å². The van der Waals surface area contributed by atoms with Gasteiger partial charge < -0.3 is 10.6 Å². The van der Waals surface area contributed by atoms with Crippen molar-refractivity contribution in [3.05, 3.63) is 11.6 Å². The SMILES string of the molecule is CCC(CC)NC(=O)CNCCC1=CCCCC1. The van der Waals surface area contributed by atoms with Crippen LogP contribution >= 0.6 is 0 Å². The fourth-order valence-corrected chi connectivity index (χ4v) is 2.35. The molecule has 0 aromatic heterocycles. The highest BCUT2D eigenvalue weighted by Gasteiger charge is 2.08. The third-order valence-electron chi connectivity index (χ3n) is 3.64. The van der Waals surface area contributed by atoms with Crippen LogP contribution in [-0.2, 0) is 4.79 Å². The van der Waals surface area contributed by atoms with Crippen LogP contribution in [0.1, 0.15) is 58.8 Å². The van der Waals surface area contributed by atoms with Gasteiger partial charge >= 0.3 is 0 Å². The molecule has 1 aliphatic rings. The van der Waals surface area contributed by atoms with E-state index in [0.29, 0.717) is 12.6 Å². The number of hydrogen-bond donors (Lipinski definition) is 2. The van der Waals surface area contributed by atoms with E-state index in [2.05, 4.69) is 30.6 Å². The number of rotatable bonds is 8. The summed E-state index contributed by atoms with van der Waals surface area (Å²) in [4.78, 5) is 11.6. The van der Waals surface area contributed by atoms with Gasteiger partial charge in [-0.05, 0) is 51.5 Å². The normalized spacial score (nSPS) is 15.6. The summed E-state index contributed by atoms with van der Waals surface area (Å²) in [5.41, 5.74) is 1.56. The lowest BCUT2D eigenvalue weighted by atomic mass is 9.97. The van der Waals surface area contributed by atoms with Crippen molar-refractivity contribution >= 4 is 5.91 Å². The monoisotopic (exact) mass is 252 g/mol. The van der Waals surface area contributed by atoms with E-state index in [0.717, 1.165) is 25.8 Å². The topological polar surface area (TPSA) is 41.1 Å². The van der Waals surface area contributed by atoms with Crippen LogP contribution in [-0.4, -0.2) is 25.0 Å². The summed E-state index contributed by atoms with van der Waals surface area (Å²) >= 11 is 0. The van der Waals surface area contributed by atoms with Crippen molar-refractivity contribution in [1.82, 2.24) is 10.6 Å². The first kappa shape index (κ1) is 15.2. The highest BCUT2D eigenvalue weighted by atomic mass is 16.1. The molecule has 3 heteroatoms. The van der Waals surface area contributed by atoms with Crippen LogP contribution in [0.2, 0.25) is 0 Å². The van der Waals surface area contributed by atoms with Crippen LogP contribution in [0.4, 0.5) is 0 Å². The first-order valence-electron chi connectivity index (χ1n) is 7.44. The Balaban J connectivity index is 2.06. The van der Waals surface area contributed by atoms with E-state index in [1.54, 1.807) is 5.57 Å². The van der Waals surface area contributed by atoms with Crippen molar-refractivity contribution in [3.8, 4) is 0 Å². The molecule has 1 amide bonds. The molecule has 2 N–H and O–H groups in total. The number of carbonyl (C=O) groups is 1. The maximum absolute atomic E-state index is 11.6. The van der Waals surface area contributed by atoms with Gasteiger partial charge in [0.1, 0.15) is 0 Å². The lowest BCUT2D eigenvalue weighted by Gasteiger charge is -2.15. The van der Waals surface area contributed by atoms with Crippen molar-refractivity contribution in [2.45, 2.75) is 64.8 Å². The second-order valence-electron chi connectivity index (χ2n) is 5.12. The molecule has 0 heterocycles. The molecule has 0 radical (unpaired) electrons. The summed E-state index contributed by atoms with van der Waals surface area (Å²) < 4.78 is 0. The van der Waals surface area contributed by atoms with Crippen molar-refractivity contribution < 1.29 is 4.79 Å². The Hall–Kier alpha value is -0.830. The minimum absolute atomic E-state index is 0.126. The third-order valence-corrected chi connectivity index (χ3v) is 3.64. The van der Waals surface area contributed by atoms with Crippen molar-refractivity contribution in [2.75, 3.05) is 13.1 Å². The van der Waals surface area contributed by atoms with E-state index < -0.39 is 0 Å². The molecule has 104 valence electrons. The Labute approximate surface area is 111 Å². The number of carbonyl (C=O) groups excluding carboxylic acids is 1. The Morgan fingerprint density at radius 3 is 2.72 bits per heavy atom. The quantitative estimate of drug-likeness (QED) is 0.515. The van der Waals surface area contributed by atoms with E-state index in [1.807, 2.05) is 0 Å². The van der Waals surface area contributed by atoms with Gasteiger partial charge in [0.05, 0.1) is 6.54 Å². The number of nitrogens with one attached hydrogen (secondary N) is 2. The standard InChI is InChI=1S/C15H28N2O/c1-3-14(4-2)17-15(18)12-16-11-10-13-8-6-5-7-9-13/h8,14,16H,3-7,9-12H2,1-2H3,(H,17,18). The number of hydrogen-bond acceptors (Lipinski definition) is 2. The molecule has 0 unspecified atom stereocenters. The van der Waals surface area contributed by atoms with E-state index in [1.165, 1.54) is 25.7 Å². The van der Waals surface area contributed by atoms with E-state index in [-0.39, 0.29) is 5.91 Å². The van der Waals surface area contributed by atoms with Gasteiger partial charge in [0, 0.05) is 6.04 Å². The van der Waals surface area contributed by atoms with Crippen LogP contribution in [0, 0.1) is 0 Å². The summed E-state index contributed by atoms with van der Waals surface area (Å²) in [6, 6.07) is 0.334. The Morgan fingerprint density at radius 1 is 1.33 bits per heavy atom. The fraction of sp³-hybridized carbons (Fsp3) is 0.800. The van der Waals surface area contributed by atoms with E-state index in [4.69, 9.17) is 0 Å². The van der Waals surface area contributed by atoms with E-state index >= 15 is 0 Å². The first-order chi connectivity index (χ1) is 8.76. The van der Waals surface area contributed by atoms with Gasteiger partial charge in [-0.2, -0.15) is 0 Å². The average Bonchev–Trinajstić information content (AvgIpc) is 2.42. The summed E-state index contributed by atoms with van der Waals surface area (Å²) in [6.45, 7) is 5.58. The molecular weight excluding hydrogens is 224 g/mol. The number of allylic oxidation sites excluding steroid dienone is 1. The summed E-state index contributed by atoms with van der Waals surface area (Å²) in [5.74, 6) is 0.126. The van der Waals surface area contributed by atoms with Gasteiger partial charge in [-0.25, -0.2) is 0 Å². The second kappa shape index (κ2) is 9.15. The molecule has 18 heavy (non-hydrogen) atoms. The molecule has 0 saturated carbocycles. The van der Waals surface area contributed by atoms with Crippen LogP contribution < -0.4 is 10.6 Å². The Morgan fingerprint density at radius 2 is 2.11 bits per heavy atom. The van der Waals surface area contributed by atoms with Crippen molar-refractivity contribution in [1.29, 1.82) is 0 Å². The molecule has 0 aromatic carbocycles. The maximum atomic E-state index is 11.6. The van der Waals surface area contributed by atoms with Crippen molar-refractivity contribution in [2.24, 2.45) is 0 Å². The average molecular weight is 252 g/mol. The van der Waals surface area contributed by atoms with Gasteiger partial charge in [-0.1, -0.05) is 25.5 Å². The molecule has 0 bridgehead atoms. The fourth-order valence-electron chi connectivity index (χ4n) is 2.35. The molecule has 0 fully saturated rings. The molecule has 3 nitrogen and oxygen atoms in total. The third kappa shape index (κ3) is 6.20. The van der Waals surface area contributed by atoms with Crippen LogP contribution in [0.25, 0.3) is 0 Å². The van der Waals surface area contributed by atoms with Crippen molar-refractivity contribution in [3.63, 3.8) is 0 Å². The van der Waals surface area contributed by atoms with Gasteiger partial charge in [-0.3, -0.25) is 4.79 Å². The molecule has 0 saturated heterocycles. The summed E-state index contributed by atoms with van der Waals surface area (Å²) in [5, 5.41) is 6.27. The molecule has 0 aromatic rings. The maximum Gasteiger partial charge on any atom is 0.234 e. The summed E-state index contributed by atoms with van der Waals surface area (Å²) in [7, 11) is 0. The van der Waals surface area contributed by atoms with E-state index in [9.17, 15) is 4.79 Å². The molecule has 0 spiro atoms. The lowest BCUT2D eigenvalue weighted by molar-refractivity contribution is -0.121. The zero-order valence-corrected chi connectivity index (χ0v) is 11.9. The van der Waals surface area contributed by atoms with Gasteiger partial charge in [-0.15, -0.1) is 0 Å². The molecule has 0 atom stereocenters. The van der Waals surface area contributed by atoms with Gasteiger partial charge in [0.15, 0.2) is 0 Å². The number of amides is 1. The Bertz CT molecular complexity index is 270. The highest BCUT2D eigenvalue weighted by Crippen LogP contribution is 2.19. The smallest absolute Gasteiger partial charge is 0.234 e.